The summed E-state index contributed by atoms with van der Waals surface area (Å²) in [6.45, 7) is 0. The molecule has 5 N–H and O–H groups in total. The molecule has 1 aliphatic rings. The monoisotopic (exact) mass is 215 g/mol. The van der Waals surface area contributed by atoms with Crippen LogP contribution in [0.3, 0.4) is 0 Å². The van der Waals surface area contributed by atoms with E-state index in [0.717, 1.165) is 12.8 Å². The van der Waals surface area contributed by atoms with Gasteiger partial charge in [0.25, 0.3) is 0 Å². The summed E-state index contributed by atoms with van der Waals surface area (Å²) < 4.78 is 0. The molecule has 0 saturated heterocycles. The summed E-state index contributed by atoms with van der Waals surface area (Å²) >= 11 is 0. The lowest BCUT2D eigenvalue weighted by Crippen LogP contribution is -2.45. The number of rotatable bonds is 5. The van der Waals surface area contributed by atoms with Gasteiger partial charge < -0.3 is 20.9 Å². The molecule has 2 unspecified atom stereocenters. The van der Waals surface area contributed by atoms with Crippen LogP contribution in [0.25, 0.3) is 0 Å². The highest BCUT2D eigenvalue weighted by atomic mass is 16.4. The minimum Gasteiger partial charge on any atom is -0.480 e. The van der Waals surface area contributed by atoms with Gasteiger partial charge in [-0.3, -0.25) is 4.79 Å². The highest BCUT2D eigenvalue weighted by molar-refractivity contribution is 6.40. The lowest BCUT2D eigenvalue weighted by molar-refractivity contribution is -0.143. The Morgan fingerprint density at radius 3 is 2.67 bits per heavy atom. The molecule has 1 rings (SSSR count). The molecule has 0 heterocycles. The molecule has 0 aliphatic heterocycles. The van der Waals surface area contributed by atoms with Gasteiger partial charge in [-0.15, -0.1) is 0 Å². The molecule has 0 radical (unpaired) electrons. The van der Waals surface area contributed by atoms with Crippen LogP contribution in [0.2, 0.25) is 6.32 Å². The lowest BCUT2D eigenvalue weighted by atomic mass is 9.82. The van der Waals surface area contributed by atoms with E-state index in [-0.39, 0.29) is 0 Å². The molecule has 0 spiro atoms. The highest BCUT2D eigenvalue weighted by Crippen LogP contribution is 2.35. The van der Waals surface area contributed by atoms with Crippen molar-refractivity contribution in [1.29, 1.82) is 0 Å². The second-order valence-electron chi connectivity index (χ2n) is 4.48. The van der Waals surface area contributed by atoms with Gasteiger partial charge in [-0.05, 0) is 31.5 Å². The Bertz CT molecular complexity index is 236. The van der Waals surface area contributed by atoms with Crippen LogP contribution in [0.15, 0.2) is 0 Å². The third-order valence-electron chi connectivity index (χ3n) is 3.15. The Morgan fingerprint density at radius 2 is 2.20 bits per heavy atom. The topological polar surface area (TPSA) is 104 Å². The summed E-state index contributed by atoms with van der Waals surface area (Å²) in [4.78, 5) is 10.8. The highest BCUT2D eigenvalue weighted by Gasteiger charge is 2.41. The van der Waals surface area contributed by atoms with Gasteiger partial charge in [-0.2, -0.15) is 0 Å². The second kappa shape index (κ2) is 4.96. The molecule has 0 aromatic rings. The van der Waals surface area contributed by atoms with Crippen molar-refractivity contribution in [2.75, 3.05) is 0 Å². The Balaban J connectivity index is 2.28. The van der Waals surface area contributed by atoms with Crippen LogP contribution in [0.4, 0.5) is 0 Å². The predicted molar refractivity (Wildman–Crippen MR) is 56.1 cm³/mol. The molecule has 0 bridgehead atoms. The predicted octanol–water partition coefficient (Wildman–Crippen LogP) is -0.178. The SMILES string of the molecule is NC1(C(=O)O)CCC(CCCB(O)O)C1. The number of hydrogen-bond acceptors (Lipinski definition) is 4. The van der Waals surface area contributed by atoms with E-state index >= 15 is 0 Å². The number of carboxylic acid groups (broad SMARTS) is 1. The zero-order valence-electron chi connectivity index (χ0n) is 8.72. The first-order valence-corrected chi connectivity index (χ1v) is 5.32. The quantitative estimate of drug-likeness (QED) is 0.476. The average molecular weight is 215 g/mol. The van der Waals surface area contributed by atoms with Crippen molar-refractivity contribution in [2.45, 2.75) is 44.0 Å². The van der Waals surface area contributed by atoms with Gasteiger partial charge >= 0.3 is 13.1 Å². The zero-order valence-corrected chi connectivity index (χ0v) is 8.72. The molecule has 1 fully saturated rings. The number of carboxylic acids is 1. The van der Waals surface area contributed by atoms with E-state index in [4.69, 9.17) is 20.9 Å². The van der Waals surface area contributed by atoms with E-state index in [0.29, 0.717) is 31.5 Å². The number of nitrogens with two attached hydrogens (primary N) is 1. The molecule has 6 heteroatoms. The van der Waals surface area contributed by atoms with Crippen molar-refractivity contribution < 1.29 is 19.9 Å². The van der Waals surface area contributed by atoms with Crippen LogP contribution in [-0.2, 0) is 4.79 Å². The third kappa shape index (κ3) is 3.48. The van der Waals surface area contributed by atoms with E-state index in [1.165, 1.54) is 0 Å². The van der Waals surface area contributed by atoms with Crippen LogP contribution in [0.5, 0.6) is 0 Å². The fourth-order valence-corrected chi connectivity index (χ4v) is 2.21. The van der Waals surface area contributed by atoms with Crippen LogP contribution in [-0.4, -0.2) is 33.8 Å². The van der Waals surface area contributed by atoms with Gasteiger partial charge in [0.15, 0.2) is 0 Å². The Labute approximate surface area is 89.4 Å². The van der Waals surface area contributed by atoms with Crippen molar-refractivity contribution in [3.8, 4) is 0 Å². The molecule has 15 heavy (non-hydrogen) atoms. The lowest BCUT2D eigenvalue weighted by Gasteiger charge is -2.18. The standard InChI is InChI=1S/C9H18BNO4/c11-9(8(12)13)4-3-7(6-9)2-1-5-10(14)15/h7,14-15H,1-6,11H2,(H,12,13). The molecule has 1 saturated carbocycles. The molecular formula is C9H18BNO4. The summed E-state index contributed by atoms with van der Waals surface area (Å²) in [6, 6.07) is 0. The minimum absolute atomic E-state index is 0.310. The number of carbonyl (C=O) groups is 1. The average Bonchev–Trinajstić information content (AvgIpc) is 2.48. The van der Waals surface area contributed by atoms with Crippen LogP contribution in [0, 0.1) is 5.92 Å². The minimum atomic E-state index is -1.26. The largest absolute Gasteiger partial charge is 0.480 e. The van der Waals surface area contributed by atoms with Crippen molar-refractivity contribution in [2.24, 2.45) is 11.7 Å². The van der Waals surface area contributed by atoms with Crippen molar-refractivity contribution in [3.05, 3.63) is 0 Å². The Morgan fingerprint density at radius 1 is 1.53 bits per heavy atom. The van der Waals surface area contributed by atoms with Crippen LogP contribution >= 0.6 is 0 Å². The molecule has 0 aromatic carbocycles. The summed E-state index contributed by atoms with van der Waals surface area (Å²) in [5.74, 6) is -0.614. The molecular weight excluding hydrogens is 197 g/mol. The first-order chi connectivity index (χ1) is 6.94. The smallest absolute Gasteiger partial charge is 0.451 e. The maximum absolute atomic E-state index is 10.8. The third-order valence-corrected chi connectivity index (χ3v) is 3.15. The summed E-state index contributed by atoms with van der Waals surface area (Å²) in [6.07, 6.45) is 3.73. The van der Waals surface area contributed by atoms with Crippen LogP contribution in [0.1, 0.15) is 32.1 Å². The molecule has 86 valence electrons. The molecule has 0 aromatic heterocycles. The van der Waals surface area contributed by atoms with E-state index in [9.17, 15) is 4.79 Å². The first-order valence-electron chi connectivity index (χ1n) is 5.32. The van der Waals surface area contributed by atoms with E-state index < -0.39 is 18.6 Å². The van der Waals surface area contributed by atoms with Crippen molar-refractivity contribution in [1.82, 2.24) is 0 Å². The molecule has 2 atom stereocenters. The normalized spacial score (nSPS) is 30.5. The maximum atomic E-state index is 10.8. The maximum Gasteiger partial charge on any atom is 0.451 e. The van der Waals surface area contributed by atoms with Gasteiger partial charge in [0.05, 0.1) is 0 Å². The van der Waals surface area contributed by atoms with Gasteiger partial charge in [0, 0.05) is 0 Å². The van der Waals surface area contributed by atoms with Crippen LogP contribution < -0.4 is 5.73 Å². The van der Waals surface area contributed by atoms with Gasteiger partial charge in [-0.1, -0.05) is 12.8 Å². The van der Waals surface area contributed by atoms with Crippen molar-refractivity contribution in [3.63, 3.8) is 0 Å². The summed E-state index contributed by atoms with van der Waals surface area (Å²) in [5, 5.41) is 26.2. The van der Waals surface area contributed by atoms with Gasteiger partial charge in [0.2, 0.25) is 0 Å². The molecule has 1 aliphatic carbocycles. The van der Waals surface area contributed by atoms with Crippen molar-refractivity contribution >= 4 is 13.1 Å². The summed E-state index contributed by atoms with van der Waals surface area (Å²) in [7, 11) is -1.26. The Hall–Kier alpha value is -0.585. The number of aliphatic carboxylic acids is 1. The second-order valence-corrected chi connectivity index (χ2v) is 4.48. The molecule has 0 amide bonds. The Kier molecular flexibility index (Phi) is 4.13. The fraction of sp³-hybridized carbons (Fsp3) is 0.889. The first kappa shape index (κ1) is 12.5. The molecule has 5 nitrogen and oxygen atoms in total. The number of hydrogen-bond donors (Lipinski definition) is 4. The van der Waals surface area contributed by atoms with Gasteiger partial charge in [-0.25, -0.2) is 0 Å². The van der Waals surface area contributed by atoms with E-state index in [1.54, 1.807) is 0 Å². The van der Waals surface area contributed by atoms with E-state index in [2.05, 4.69) is 0 Å². The zero-order chi connectivity index (χ0) is 11.5. The summed E-state index contributed by atoms with van der Waals surface area (Å²) in [5.41, 5.74) is 4.67. The van der Waals surface area contributed by atoms with E-state index in [1.807, 2.05) is 0 Å². The fourth-order valence-electron chi connectivity index (χ4n) is 2.21. The van der Waals surface area contributed by atoms with Gasteiger partial charge in [0.1, 0.15) is 5.54 Å².